The summed E-state index contributed by atoms with van der Waals surface area (Å²) in [6, 6.07) is 18.0. The first-order valence-electron chi connectivity index (χ1n) is 8.18. The molecule has 4 nitrogen and oxygen atoms in total. The van der Waals surface area contributed by atoms with Gasteiger partial charge in [-0.3, -0.25) is 4.79 Å². The topological polar surface area (TPSA) is 47.3 Å². The summed E-state index contributed by atoms with van der Waals surface area (Å²) in [7, 11) is 0. The lowest BCUT2D eigenvalue weighted by molar-refractivity contribution is 0.866. The standard InChI is InChI=1S/C20H17N3OS/c1-13(2)15-10-8-14(9-11-15)12-17-19(24)23-20(25-17)21-18(22-23)16-6-4-3-5-7-16/h3-13H,1-2H3. The third-order valence-corrected chi connectivity index (χ3v) is 5.07. The van der Waals surface area contributed by atoms with Gasteiger partial charge in [-0.25, -0.2) is 0 Å². The van der Waals surface area contributed by atoms with Crippen molar-refractivity contribution in [1.82, 2.24) is 14.6 Å². The van der Waals surface area contributed by atoms with Gasteiger partial charge in [-0.15, -0.1) is 5.10 Å². The second kappa shape index (κ2) is 6.26. The molecule has 25 heavy (non-hydrogen) atoms. The van der Waals surface area contributed by atoms with Crippen LogP contribution in [0.15, 0.2) is 59.4 Å². The van der Waals surface area contributed by atoms with Crippen molar-refractivity contribution in [3.8, 4) is 11.4 Å². The Balaban J connectivity index is 1.75. The maximum Gasteiger partial charge on any atom is 0.291 e. The van der Waals surface area contributed by atoms with Crippen LogP contribution in [0.1, 0.15) is 30.9 Å². The Labute approximate surface area is 149 Å². The van der Waals surface area contributed by atoms with Gasteiger partial charge in [-0.05, 0) is 23.1 Å². The highest BCUT2D eigenvalue weighted by Crippen LogP contribution is 2.16. The van der Waals surface area contributed by atoms with Gasteiger partial charge in [-0.2, -0.15) is 9.50 Å². The number of thiazole rings is 1. The van der Waals surface area contributed by atoms with E-state index in [4.69, 9.17) is 0 Å². The maximum atomic E-state index is 12.6. The molecule has 0 saturated heterocycles. The molecule has 5 heteroatoms. The van der Waals surface area contributed by atoms with Gasteiger partial charge in [0.05, 0.1) is 4.53 Å². The van der Waals surface area contributed by atoms with Crippen molar-refractivity contribution in [3.05, 3.63) is 80.6 Å². The van der Waals surface area contributed by atoms with Gasteiger partial charge in [0.25, 0.3) is 5.56 Å². The second-order valence-corrected chi connectivity index (χ2v) is 7.24. The fourth-order valence-electron chi connectivity index (χ4n) is 2.67. The van der Waals surface area contributed by atoms with Gasteiger partial charge in [0, 0.05) is 5.56 Å². The lowest BCUT2D eigenvalue weighted by atomic mass is 10.0. The van der Waals surface area contributed by atoms with Crippen molar-refractivity contribution < 1.29 is 0 Å². The predicted octanol–water partition coefficient (Wildman–Crippen LogP) is 3.49. The lowest BCUT2D eigenvalue weighted by Crippen LogP contribution is -2.23. The zero-order valence-electron chi connectivity index (χ0n) is 14.0. The van der Waals surface area contributed by atoms with Crippen LogP contribution >= 0.6 is 11.3 Å². The number of rotatable bonds is 3. The largest absolute Gasteiger partial charge is 0.291 e. The molecule has 0 unspecified atom stereocenters. The molecule has 4 aromatic rings. The Morgan fingerprint density at radius 1 is 1.04 bits per heavy atom. The molecule has 0 aliphatic rings. The molecule has 0 spiro atoms. The number of hydrogen-bond acceptors (Lipinski definition) is 4. The summed E-state index contributed by atoms with van der Waals surface area (Å²) in [5.41, 5.74) is 3.08. The molecule has 124 valence electrons. The number of hydrogen-bond donors (Lipinski definition) is 0. The van der Waals surface area contributed by atoms with E-state index in [1.807, 2.05) is 48.5 Å². The molecule has 0 bridgehead atoms. The molecule has 0 radical (unpaired) electrons. The zero-order chi connectivity index (χ0) is 17.4. The predicted molar refractivity (Wildman–Crippen MR) is 102 cm³/mol. The number of aromatic nitrogens is 3. The molecule has 0 N–H and O–H groups in total. The Bertz CT molecular complexity index is 1130. The smallest absolute Gasteiger partial charge is 0.266 e. The highest BCUT2D eigenvalue weighted by atomic mass is 32.1. The van der Waals surface area contributed by atoms with Crippen molar-refractivity contribution in [3.63, 3.8) is 0 Å². The third-order valence-electron chi connectivity index (χ3n) is 4.11. The van der Waals surface area contributed by atoms with Crippen LogP contribution in [-0.2, 0) is 0 Å². The molecule has 0 aliphatic carbocycles. The van der Waals surface area contributed by atoms with Crippen LogP contribution in [0.25, 0.3) is 22.4 Å². The summed E-state index contributed by atoms with van der Waals surface area (Å²) >= 11 is 1.37. The highest BCUT2D eigenvalue weighted by molar-refractivity contribution is 7.15. The van der Waals surface area contributed by atoms with E-state index in [0.29, 0.717) is 21.2 Å². The normalized spacial score (nSPS) is 12.4. The fourth-order valence-corrected chi connectivity index (χ4v) is 3.58. The number of benzene rings is 2. The van der Waals surface area contributed by atoms with Crippen molar-refractivity contribution in [2.45, 2.75) is 19.8 Å². The molecule has 4 rings (SSSR count). The first kappa shape index (κ1) is 15.7. The zero-order valence-corrected chi connectivity index (χ0v) is 14.8. The number of nitrogens with zero attached hydrogens (tertiary/aromatic N) is 3. The molecule has 2 aromatic carbocycles. The van der Waals surface area contributed by atoms with Gasteiger partial charge < -0.3 is 0 Å². The van der Waals surface area contributed by atoms with E-state index in [1.165, 1.54) is 21.4 Å². The summed E-state index contributed by atoms with van der Waals surface area (Å²) in [6.07, 6.45) is 1.90. The monoisotopic (exact) mass is 347 g/mol. The van der Waals surface area contributed by atoms with Gasteiger partial charge in [0.2, 0.25) is 4.96 Å². The molecule has 0 fully saturated rings. The second-order valence-electron chi connectivity index (χ2n) is 6.23. The first-order valence-corrected chi connectivity index (χ1v) is 9.00. The van der Waals surface area contributed by atoms with E-state index in [2.05, 4.69) is 36.1 Å². The van der Waals surface area contributed by atoms with Gasteiger partial charge in [0.1, 0.15) is 0 Å². The average Bonchev–Trinajstić information content (AvgIpc) is 3.16. The molecule has 0 atom stereocenters. The van der Waals surface area contributed by atoms with Crippen LogP contribution in [0.2, 0.25) is 0 Å². The van der Waals surface area contributed by atoms with Crippen LogP contribution in [0.3, 0.4) is 0 Å². The van der Waals surface area contributed by atoms with Crippen molar-refractivity contribution in [2.75, 3.05) is 0 Å². The average molecular weight is 347 g/mol. The summed E-state index contributed by atoms with van der Waals surface area (Å²) in [5, 5.41) is 4.37. The molecule has 2 aromatic heterocycles. The Hall–Kier alpha value is -2.79. The summed E-state index contributed by atoms with van der Waals surface area (Å²) in [6.45, 7) is 4.33. The fraction of sp³-hybridized carbons (Fsp3) is 0.150. The SMILES string of the molecule is CC(C)c1ccc(C=c2sc3nc(-c4ccccc4)nn3c2=O)cc1. The quantitative estimate of drug-likeness (QED) is 0.570. The maximum absolute atomic E-state index is 12.6. The van der Waals surface area contributed by atoms with E-state index >= 15 is 0 Å². The third kappa shape index (κ3) is 2.98. The van der Waals surface area contributed by atoms with E-state index in [-0.39, 0.29) is 5.56 Å². The molecule has 0 aliphatic heterocycles. The van der Waals surface area contributed by atoms with E-state index < -0.39 is 0 Å². The number of fused-ring (bicyclic) bond motifs is 1. The Morgan fingerprint density at radius 3 is 2.40 bits per heavy atom. The van der Waals surface area contributed by atoms with Gasteiger partial charge in [-0.1, -0.05) is 79.8 Å². The van der Waals surface area contributed by atoms with Crippen LogP contribution in [0.4, 0.5) is 0 Å². The minimum Gasteiger partial charge on any atom is -0.266 e. The summed E-state index contributed by atoms with van der Waals surface area (Å²) in [5.74, 6) is 1.08. The van der Waals surface area contributed by atoms with Crippen molar-refractivity contribution in [1.29, 1.82) is 0 Å². The van der Waals surface area contributed by atoms with Crippen molar-refractivity contribution >= 4 is 22.4 Å². The molecule has 0 saturated carbocycles. The minimum atomic E-state index is -0.123. The Morgan fingerprint density at radius 2 is 1.76 bits per heavy atom. The molecular weight excluding hydrogens is 330 g/mol. The van der Waals surface area contributed by atoms with Crippen molar-refractivity contribution in [2.24, 2.45) is 0 Å². The highest BCUT2D eigenvalue weighted by Gasteiger charge is 2.11. The lowest BCUT2D eigenvalue weighted by Gasteiger charge is -2.04. The molecule has 2 heterocycles. The van der Waals surface area contributed by atoms with Crippen LogP contribution in [0.5, 0.6) is 0 Å². The van der Waals surface area contributed by atoms with Crippen LogP contribution in [-0.4, -0.2) is 14.6 Å². The van der Waals surface area contributed by atoms with E-state index in [0.717, 1.165) is 11.1 Å². The summed E-state index contributed by atoms with van der Waals surface area (Å²) < 4.78 is 2.04. The van der Waals surface area contributed by atoms with Gasteiger partial charge >= 0.3 is 0 Å². The Kier molecular flexibility index (Phi) is 3.93. The van der Waals surface area contributed by atoms with E-state index in [1.54, 1.807) is 0 Å². The minimum absolute atomic E-state index is 0.123. The van der Waals surface area contributed by atoms with Gasteiger partial charge in [0.15, 0.2) is 5.82 Å². The van der Waals surface area contributed by atoms with Crippen LogP contribution in [0, 0.1) is 0 Å². The molecular formula is C20H17N3OS. The van der Waals surface area contributed by atoms with Crippen LogP contribution < -0.4 is 10.1 Å². The van der Waals surface area contributed by atoms with E-state index in [9.17, 15) is 4.79 Å². The first-order chi connectivity index (χ1) is 12.1. The summed E-state index contributed by atoms with van der Waals surface area (Å²) in [4.78, 5) is 17.7. The molecule has 0 amide bonds.